The van der Waals surface area contributed by atoms with Crippen LogP contribution in [-0.4, -0.2) is 62.2 Å². The lowest BCUT2D eigenvalue weighted by Gasteiger charge is -2.76. The molecule has 37 heavy (non-hydrogen) atoms. The molecule has 7 nitrogen and oxygen atoms in total. The highest BCUT2D eigenvalue weighted by Gasteiger charge is 2.71. The molecule has 2 aliphatic heterocycles. The number of aromatic nitrogens is 4. The molecule has 0 aromatic carbocycles. The van der Waals surface area contributed by atoms with Gasteiger partial charge in [-0.2, -0.15) is 18.3 Å². The van der Waals surface area contributed by atoms with Gasteiger partial charge in [-0.05, 0) is 79.7 Å². The number of nitrogens with zero attached hydrogens (tertiary/aromatic N) is 5. The summed E-state index contributed by atoms with van der Waals surface area (Å²) in [4.78, 5) is 25.4. The van der Waals surface area contributed by atoms with Crippen LogP contribution >= 0.6 is 0 Å². The van der Waals surface area contributed by atoms with Gasteiger partial charge in [-0.25, -0.2) is 9.78 Å². The summed E-state index contributed by atoms with van der Waals surface area (Å²) in [7, 11) is 0. The zero-order valence-electron chi connectivity index (χ0n) is 20.7. The fourth-order valence-corrected chi connectivity index (χ4v) is 8.39. The van der Waals surface area contributed by atoms with Crippen molar-refractivity contribution in [3.8, 4) is 0 Å². The molecule has 0 unspecified atom stereocenters. The van der Waals surface area contributed by atoms with E-state index in [9.17, 15) is 18.0 Å². The van der Waals surface area contributed by atoms with Crippen LogP contribution in [0.2, 0.25) is 0 Å². The molecule has 2 bridgehead atoms. The van der Waals surface area contributed by atoms with Crippen LogP contribution < -0.4 is 0 Å². The summed E-state index contributed by atoms with van der Waals surface area (Å²) in [5.74, 6) is 3.62. The number of urea groups is 1. The van der Waals surface area contributed by atoms with E-state index in [0.29, 0.717) is 23.2 Å². The van der Waals surface area contributed by atoms with E-state index >= 15 is 0 Å². The van der Waals surface area contributed by atoms with Crippen LogP contribution in [0.5, 0.6) is 0 Å². The van der Waals surface area contributed by atoms with E-state index in [1.165, 1.54) is 19.0 Å². The van der Waals surface area contributed by atoms with E-state index < -0.39 is 11.9 Å². The third-order valence-corrected chi connectivity index (χ3v) is 10.4. The van der Waals surface area contributed by atoms with Gasteiger partial charge in [-0.1, -0.05) is 6.07 Å². The molecule has 1 spiro atoms. The van der Waals surface area contributed by atoms with Crippen molar-refractivity contribution in [3.63, 3.8) is 0 Å². The molecule has 10 heteroatoms. The molecular weight excluding hydrogens is 481 g/mol. The molecule has 4 heterocycles. The first kappa shape index (κ1) is 22.3. The number of rotatable bonds is 5. The van der Waals surface area contributed by atoms with E-state index in [4.69, 9.17) is 4.98 Å². The molecule has 7 fully saturated rings. The van der Waals surface area contributed by atoms with Crippen LogP contribution in [0, 0.1) is 22.2 Å². The number of hydrogen-bond donors (Lipinski definition) is 1. The second-order valence-electron chi connectivity index (χ2n) is 13.3. The number of amides is 2. The molecule has 0 atom stereocenters. The monoisotopic (exact) mass is 512 g/mol. The number of hydrogen-bond acceptors (Lipinski definition) is 4. The van der Waals surface area contributed by atoms with Gasteiger partial charge in [-0.15, -0.1) is 0 Å². The fraction of sp³-hybridized carbons (Fsp3) is 0.704. The molecule has 2 aromatic heterocycles. The van der Waals surface area contributed by atoms with Crippen molar-refractivity contribution in [3.05, 3.63) is 41.2 Å². The van der Waals surface area contributed by atoms with E-state index in [2.05, 4.69) is 15.2 Å². The van der Waals surface area contributed by atoms with Gasteiger partial charge in [0, 0.05) is 49.6 Å². The largest absolute Gasteiger partial charge is 0.433 e. The van der Waals surface area contributed by atoms with E-state index in [1.807, 2.05) is 9.80 Å². The Morgan fingerprint density at radius 1 is 1.05 bits per heavy atom. The Morgan fingerprint density at radius 3 is 2.41 bits per heavy atom. The third-order valence-electron chi connectivity index (χ3n) is 10.4. The van der Waals surface area contributed by atoms with Gasteiger partial charge in [0.1, 0.15) is 11.5 Å². The molecule has 2 aromatic rings. The molecule has 1 N–H and O–H groups in total. The van der Waals surface area contributed by atoms with Gasteiger partial charge in [-0.3, -0.25) is 10.1 Å². The van der Waals surface area contributed by atoms with Crippen molar-refractivity contribution in [1.29, 1.82) is 0 Å². The van der Waals surface area contributed by atoms with E-state index in [-0.39, 0.29) is 16.9 Å². The summed E-state index contributed by atoms with van der Waals surface area (Å²) in [5, 5.41) is 7.54. The van der Waals surface area contributed by atoms with Crippen LogP contribution in [0.3, 0.4) is 0 Å². The molecular formula is C27H31F3N6O. The maximum Gasteiger partial charge on any atom is 0.433 e. The number of likely N-dealkylation sites (tertiary alicyclic amines) is 2. The van der Waals surface area contributed by atoms with E-state index in [0.717, 1.165) is 88.0 Å². The highest BCUT2D eigenvalue weighted by atomic mass is 19.4. The first-order valence-corrected chi connectivity index (χ1v) is 13.6. The number of alkyl halides is 3. The quantitative estimate of drug-likeness (QED) is 0.628. The standard InChI is InChI=1S/C27H31F3N6O/c28-27(29,30)20-4-1-16(8-31-20)5-25-11-26(12-25,13-25)19-9-35(10-19)23(37)36-14-24(15-36)6-18(7-24)22-32-21(33-34-22)17-2-3-17/h1,4,8,17-19H,2-3,5-7,9-15H2,(H,32,33,34). The van der Waals surface area contributed by atoms with Crippen molar-refractivity contribution >= 4 is 6.03 Å². The normalized spacial score (nSPS) is 32.3. The minimum atomic E-state index is -4.39. The third kappa shape index (κ3) is 3.39. The first-order chi connectivity index (χ1) is 17.6. The number of carbonyl (C=O) groups excluding carboxylic acids is 1. The number of aromatic amines is 1. The second-order valence-corrected chi connectivity index (χ2v) is 13.3. The van der Waals surface area contributed by atoms with Crippen LogP contribution in [0.1, 0.15) is 79.7 Å². The zero-order valence-corrected chi connectivity index (χ0v) is 20.7. The topological polar surface area (TPSA) is 78.0 Å². The average Bonchev–Trinajstić information content (AvgIpc) is 3.45. The summed E-state index contributed by atoms with van der Waals surface area (Å²) < 4.78 is 38.3. The Kier molecular flexibility index (Phi) is 4.26. The second kappa shape index (κ2) is 7.05. The summed E-state index contributed by atoms with van der Waals surface area (Å²) >= 11 is 0. The van der Waals surface area contributed by atoms with Crippen molar-refractivity contribution < 1.29 is 18.0 Å². The molecule has 5 aliphatic carbocycles. The molecule has 5 saturated carbocycles. The highest BCUT2D eigenvalue weighted by Crippen LogP contribution is 2.78. The minimum Gasteiger partial charge on any atom is -0.324 e. The lowest BCUT2D eigenvalue weighted by Crippen LogP contribution is -2.73. The first-order valence-electron chi connectivity index (χ1n) is 13.6. The van der Waals surface area contributed by atoms with E-state index in [1.54, 1.807) is 6.07 Å². The van der Waals surface area contributed by atoms with Crippen molar-refractivity contribution in [2.24, 2.45) is 22.2 Å². The van der Waals surface area contributed by atoms with Crippen molar-refractivity contribution in [2.75, 3.05) is 26.2 Å². The predicted octanol–water partition coefficient (Wildman–Crippen LogP) is 4.74. The number of H-pyrrole nitrogens is 1. The SMILES string of the molecule is O=C(N1CC(C23CC(Cc4ccc(C(F)(F)F)nc4)(C2)C3)C1)N1CC2(CC(c3nc(C4CC4)n[nH]3)C2)C1. The van der Waals surface area contributed by atoms with Crippen molar-refractivity contribution in [2.45, 2.75) is 69.4 Å². The Hall–Kier alpha value is -2.65. The van der Waals surface area contributed by atoms with Crippen LogP contribution in [-0.2, 0) is 12.6 Å². The van der Waals surface area contributed by atoms with Crippen LogP contribution in [0.25, 0.3) is 0 Å². The molecule has 9 rings (SSSR count). The van der Waals surface area contributed by atoms with Gasteiger partial charge in [0.25, 0.3) is 0 Å². The summed E-state index contributed by atoms with van der Waals surface area (Å²) in [6, 6.07) is 2.86. The molecule has 7 aliphatic rings. The van der Waals surface area contributed by atoms with Crippen LogP contribution in [0.15, 0.2) is 18.3 Å². The minimum absolute atomic E-state index is 0.193. The molecule has 2 amide bonds. The maximum atomic E-state index is 13.0. The van der Waals surface area contributed by atoms with Gasteiger partial charge in [0.15, 0.2) is 5.82 Å². The Morgan fingerprint density at radius 2 is 1.78 bits per heavy atom. The Balaban J connectivity index is 0.782. The van der Waals surface area contributed by atoms with Gasteiger partial charge < -0.3 is 9.80 Å². The smallest absolute Gasteiger partial charge is 0.324 e. The summed E-state index contributed by atoms with van der Waals surface area (Å²) in [6.45, 7) is 3.43. The lowest BCUT2D eigenvalue weighted by molar-refractivity contribution is -0.254. The number of carbonyl (C=O) groups is 1. The van der Waals surface area contributed by atoms with Crippen LogP contribution in [0.4, 0.5) is 18.0 Å². The van der Waals surface area contributed by atoms with Gasteiger partial charge in [0.05, 0.1) is 0 Å². The zero-order chi connectivity index (χ0) is 25.2. The van der Waals surface area contributed by atoms with Crippen molar-refractivity contribution in [1.82, 2.24) is 30.0 Å². The fourth-order valence-electron chi connectivity index (χ4n) is 8.39. The number of nitrogens with one attached hydrogen (secondary N) is 1. The Bertz CT molecular complexity index is 1230. The average molecular weight is 513 g/mol. The van der Waals surface area contributed by atoms with Gasteiger partial charge >= 0.3 is 12.2 Å². The summed E-state index contributed by atoms with van der Waals surface area (Å²) in [6.07, 6.45) is 5.82. The summed E-state index contributed by atoms with van der Waals surface area (Å²) in [5.41, 5.74) is 0.934. The maximum absolute atomic E-state index is 13.0. The predicted molar refractivity (Wildman–Crippen MR) is 126 cm³/mol. The number of pyridine rings is 1. The molecule has 2 saturated heterocycles. The molecule has 0 radical (unpaired) electrons. The molecule has 196 valence electrons. The van der Waals surface area contributed by atoms with Gasteiger partial charge in [0.2, 0.25) is 0 Å². The Labute approximate surface area is 213 Å². The lowest BCUT2D eigenvalue weighted by atomic mass is 9.30. The highest BCUT2D eigenvalue weighted by molar-refractivity contribution is 5.76. The number of halogens is 3.